The van der Waals surface area contributed by atoms with E-state index in [0.29, 0.717) is 5.92 Å². The highest BCUT2D eigenvalue weighted by Gasteiger charge is 2.47. The molecule has 0 amide bonds. The van der Waals surface area contributed by atoms with Gasteiger partial charge in [0.25, 0.3) is 0 Å². The van der Waals surface area contributed by atoms with E-state index in [0.717, 1.165) is 51.0 Å². The lowest BCUT2D eigenvalue weighted by Gasteiger charge is -2.43. The van der Waals surface area contributed by atoms with Gasteiger partial charge < -0.3 is 19.0 Å². The fourth-order valence-electron chi connectivity index (χ4n) is 3.82. The van der Waals surface area contributed by atoms with Gasteiger partial charge in [0.05, 0.1) is 25.4 Å². The summed E-state index contributed by atoms with van der Waals surface area (Å²) >= 11 is 0. The topological polar surface area (TPSA) is 72.1 Å². The summed E-state index contributed by atoms with van der Waals surface area (Å²) in [6.07, 6.45) is -1.43. The number of morpholine rings is 1. The summed E-state index contributed by atoms with van der Waals surface area (Å²) in [6, 6.07) is 4.13. The van der Waals surface area contributed by atoms with E-state index in [1.54, 1.807) is 0 Å². The third-order valence-electron chi connectivity index (χ3n) is 5.13. The standard InChI is InChI=1S/C17H27NO3.C2HF3O2/c1-3-19-12-15-5-4-8-17(15)13-18(9-10-20-17)11-16-7-6-14(2)21-16;3-2(4,5)1(6)7/h6-7,15H,3-5,8-13H2,1-2H3;(H,6,7)/t15-,17+;/m0./s1. The summed E-state index contributed by atoms with van der Waals surface area (Å²) in [4.78, 5) is 11.4. The number of ether oxygens (including phenoxy) is 2. The Morgan fingerprint density at radius 1 is 1.43 bits per heavy atom. The monoisotopic (exact) mass is 407 g/mol. The number of aliphatic carboxylic acids is 1. The molecule has 1 aromatic rings. The lowest BCUT2D eigenvalue weighted by molar-refractivity contribution is -0.192. The lowest BCUT2D eigenvalue weighted by atomic mass is 9.89. The minimum Gasteiger partial charge on any atom is -0.475 e. The van der Waals surface area contributed by atoms with Gasteiger partial charge in [-0.15, -0.1) is 0 Å². The van der Waals surface area contributed by atoms with Crippen molar-refractivity contribution >= 4 is 5.97 Å². The van der Waals surface area contributed by atoms with Gasteiger partial charge in [-0.1, -0.05) is 6.42 Å². The summed E-state index contributed by atoms with van der Waals surface area (Å²) in [7, 11) is 0. The van der Waals surface area contributed by atoms with Gasteiger partial charge in [-0.2, -0.15) is 13.2 Å². The van der Waals surface area contributed by atoms with E-state index in [2.05, 4.69) is 17.9 Å². The average molecular weight is 407 g/mol. The quantitative estimate of drug-likeness (QED) is 0.804. The molecule has 1 saturated heterocycles. The Hall–Kier alpha value is -1.58. The van der Waals surface area contributed by atoms with Crippen molar-refractivity contribution in [1.82, 2.24) is 4.90 Å². The largest absolute Gasteiger partial charge is 0.490 e. The van der Waals surface area contributed by atoms with Crippen molar-refractivity contribution in [3.05, 3.63) is 23.7 Å². The van der Waals surface area contributed by atoms with Crippen molar-refractivity contribution in [3.63, 3.8) is 0 Å². The van der Waals surface area contributed by atoms with Crippen molar-refractivity contribution in [2.75, 3.05) is 32.9 Å². The van der Waals surface area contributed by atoms with E-state index in [1.807, 2.05) is 13.0 Å². The summed E-state index contributed by atoms with van der Waals surface area (Å²) in [6.45, 7) is 9.40. The van der Waals surface area contributed by atoms with Gasteiger partial charge in [0.1, 0.15) is 11.5 Å². The molecule has 9 heteroatoms. The van der Waals surface area contributed by atoms with Crippen molar-refractivity contribution in [3.8, 4) is 0 Å². The number of nitrogens with zero attached hydrogens (tertiary/aromatic N) is 1. The molecule has 3 rings (SSSR count). The van der Waals surface area contributed by atoms with Crippen LogP contribution in [0.3, 0.4) is 0 Å². The number of alkyl halides is 3. The fraction of sp³-hybridized carbons (Fsp3) is 0.737. The first-order chi connectivity index (χ1) is 13.2. The van der Waals surface area contributed by atoms with Crippen LogP contribution in [-0.4, -0.2) is 60.7 Å². The number of hydrogen-bond acceptors (Lipinski definition) is 5. The van der Waals surface area contributed by atoms with Gasteiger partial charge in [-0.05, 0) is 38.8 Å². The predicted octanol–water partition coefficient (Wildman–Crippen LogP) is 3.63. The molecule has 1 aromatic heterocycles. The SMILES string of the molecule is CCOC[C@@H]1CCC[C@@]12CN(Cc1ccc(C)o1)CCO2.O=C(O)C(F)(F)F. The summed E-state index contributed by atoms with van der Waals surface area (Å²) in [5.74, 6) is -0.168. The molecule has 2 fully saturated rings. The predicted molar refractivity (Wildman–Crippen MR) is 94.9 cm³/mol. The molecule has 1 aliphatic carbocycles. The first kappa shape index (κ1) is 22.7. The van der Waals surface area contributed by atoms with E-state index in [1.165, 1.54) is 19.3 Å². The molecule has 0 unspecified atom stereocenters. The van der Waals surface area contributed by atoms with Crippen molar-refractivity contribution in [1.29, 1.82) is 0 Å². The van der Waals surface area contributed by atoms with Crippen molar-refractivity contribution in [2.24, 2.45) is 5.92 Å². The summed E-state index contributed by atoms with van der Waals surface area (Å²) < 4.78 is 49.4. The minimum atomic E-state index is -5.08. The van der Waals surface area contributed by atoms with Crippen LogP contribution in [0.5, 0.6) is 0 Å². The van der Waals surface area contributed by atoms with Crippen molar-refractivity contribution in [2.45, 2.75) is 51.4 Å². The second-order valence-electron chi connectivity index (χ2n) is 7.19. The summed E-state index contributed by atoms with van der Waals surface area (Å²) in [5, 5.41) is 7.12. The van der Waals surface area contributed by atoms with Crippen LogP contribution in [0, 0.1) is 12.8 Å². The molecule has 1 spiro atoms. The minimum absolute atomic E-state index is 0.00899. The zero-order valence-electron chi connectivity index (χ0n) is 16.3. The maximum atomic E-state index is 10.6. The van der Waals surface area contributed by atoms with Gasteiger partial charge in [-0.3, -0.25) is 4.90 Å². The molecule has 1 saturated carbocycles. The first-order valence-corrected chi connectivity index (χ1v) is 9.46. The number of aryl methyl sites for hydroxylation is 1. The molecule has 160 valence electrons. The van der Waals surface area contributed by atoms with Crippen molar-refractivity contribution < 1.29 is 37.0 Å². The molecule has 28 heavy (non-hydrogen) atoms. The lowest BCUT2D eigenvalue weighted by Crippen LogP contribution is -2.54. The number of halogens is 3. The number of carbonyl (C=O) groups is 1. The maximum absolute atomic E-state index is 10.6. The fourth-order valence-corrected chi connectivity index (χ4v) is 3.82. The van der Waals surface area contributed by atoms with Gasteiger partial charge in [-0.25, -0.2) is 4.79 Å². The average Bonchev–Trinajstić information content (AvgIpc) is 3.19. The molecule has 2 aliphatic rings. The van der Waals surface area contributed by atoms with E-state index < -0.39 is 12.1 Å². The normalized spacial score (nSPS) is 25.5. The highest BCUT2D eigenvalue weighted by atomic mass is 19.4. The Balaban J connectivity index is 0.000000345. The molecule has 2 heterocycles. The molecule has 0 aromatic carbocycles. The van der Waals surface area contributed by atoms with Gasteiger partial charge in [0.2, 0.25) is 0 Å². The van der Waals surface area contributed by atoms with Crippen LogP contribution in [0.15, 0.2) is 16.5 Å². The maximum Gasteiger partial charge on any atom is 0.490 e. The zero-order valence-corrected chi connectivity index (χ0v) is 16.3. The van der Waals surface area contributed by atoms with Crippen LogP contribution >= 0.6 is 0 Å². The molecular weight excluding hydrogens is 379 g/mol. The second-order valence-corrected chi connectivity index (χ2v) is 7.19. The summed E-state index contributed by atoms with van der Waals surface area (Å²) in [5.41, 5.74) is 0.00899. The van der Waals surface area contributed by atoms with Gasteiger partial charge in [0.15, 0.2) is 0 Å². The third-order valence-corrected chi connectivity index (χ3v) is 5.13. The van der Waals surface area contributed by atoms with E-state index in [4.69, 9.17) is 23.8 Å². The molecule has 1 N–H and O–H groups in total. The van der Waals surface area contributed by atoms with Crippen LogP contribution < -0.4 is 0 Å². The highest BCUT2D eigenvalue weighted by Crippen LogP contribution is 2.41. The Morgan fingerprint density at radius 3 is 2.71 bits per heavy atom. The smallest absolute Gasteiger partial charge is 0.475 e. The highest BCUT2D eigenvalue weighted by molar-refractivity contribution is 5.73. The second kappa shape index (κ2) is 9.76. The third kappa shape index (κ3) is 6.22. The number of carboxylic acid groups (broad SMARTS) is 1. The molecule has 0 radical (unpaired) electrons. The van der Waals surface area contributed by atoms with Crippen LogP contribution in [0.4, 0.5) is 13.2 Å². The Labute approximate surface area is 162 Å². The molecule has 1 aliphatic heterocycles. The van der Waals surface area contributed by atoms with E-state index >= 15 is 0 Å². The zero-order chi connectivity index (χ0) is 20.8. The first-order valence-electron chi connectivity index (χ1n) is 9.46. The Kier molecular flexibility index (Phi) is 7.91. The van der Waals surface area contributed by atoms with E-state index in [-0.39, 0.29) is 5.60 Å². The van der Waals surface area contributed by atoms with Gasteiger partial charge >= 0.3 is 12.1 Å². The molecule has 2 atom stereocenters. The molecule has 6 nitrogen and oxygen atoms in total. The number of carboxylic acids is 1. The Morgan fingerprint density at radius 2 is 2.14 bits per heavy atom. The van der Waals surface area contributed by atoms with E-state index in [9.17, 15) is 13.2 Å². The Bertz CT molecular complexity index is 633. The molecule has 0 bridgehead atoms. The van der Waals surface area contributed by atoms with Crippen LogP contribution in [0.25, 0.3) is 0 Å². The number of rotatable bonds is 5. The van der Waals surface area contributed by atoms with Crippen LogP contribution in [0.2, 0.25) is 0 Å². The number of hydrogen-bond donors (Lipinski definition) is 1. The number of furan rings is 1. The van der Waals surface area contributed by atoms with Crippen LogP contribution in [-0.2, 0) is 20.8 Å². The van der Waals surface area contributed by atoms with Crippen LogP contribution in [0.1, 0.15) is 37.7 Å². The van der Waals surface area contributed by atoms with Gasteiger partial charge in [0, 0.05) is 25.6 Å². The molecular formula is C19H28F3NO5.